The monoisotopic (exact) mass is 823 g/mol. The zero-order valence-electron chi connectivity index (χ0n) is 37.1. The zero-order valence-corrected chi connectivity index (χ0v) is 37.1. The third kappa shape index (κ3) is 5.83. The maximum absolute atomic E-state index is 2.56. The second kappa shape index (κ2) is 15.1. The van der Waals surface area contributed by atoms with Crippen LogP contribution in [-0.4, -0.2) is 0 Å². The normalized spacial score (nSPS) is 17.1. The molecule has 0 bridgehead atoms. The molecule has 9 aromatic rings. The van der Waals surface area contributed by atoms with Gasteiger partial charge in [0.05, 0.1) is 11.4 Å². The van der Waals surface area contributed by atoms with Gasteiger partial charge in [0.2, 0.25) is 0 Å². The average molecular weight is 824 g/mol. The molecule has 0 heterocycles. The Labute approximate surface area is 378 Å². The second-order valence-electron chi connectivity index (χ2n) is 19.1. The Hall–Kier alpha value is -6.96. The molecule has 0 amide bonds. The first-order valence-electron chi connectivity index (χ1n) is 23.5. The molecule has 0 spiro atoms. The Bertz CT molecular complexity index is 3230. The van der Waals surface area contributed by atoms with Crippen molar-refractivity contribution < 1.29 is 0 Å². The van der Waals surface area contributed by atoms with E-state index in [2.05, 4.69) is 226 Å². The minimum Gasteiger partial charge on any atom is -0.309 e. The summed E-state index contributed by atoms with van der Waals surface area (Å²) in [6.07, 6.45) is 6.50. The van der Waals surface area contributed by atoms with Crippen LogP contribution in [0.25, 0.3) is 55.3 Å². The summed E-state index contributed by atoms with van der Waals surface area (Å²) in [6, 6.07) is 75.6. The summed E-state index contributed by atoms with van der Waals surface area (Å²) in [5.74, 6) is 0.586. The van der Waals surface area contributed by atoms with Crippen LogP contribution in [0.4, 0.5) is 17.1 Å². The van der Waals surface area contributed by atoms with Crippen molar-refractivity contribution in [2.24, 2.45) is 0 Å². The fourth-order valence-electron chi connectivity index (χ4n) is 12.2. The molecule has 64 heavy (non-hydrogen) atoms. The Balaban J connectivity index is 1.06. The maximum atomic E-state index is 2.56. The third-order valence-electron chi connectivity index (χ3n) is 15.4. The van der Waals surface area contributed by atoms with Crippen LogP contribution in [0.3, 0.4) is 0 Å². The van der Waals surface area contributed by atoms with Crippen LogP contribution in [-0.2, 0) is 10.8 Å². The van der Waals surface area contributed by atoms with Crippen LogP contribution in [0.2, 0.25) is 0 Å². The molecule has 310 valence electrons. The van der Waals surface area contributed by atoms with Crippen molar-refractivity contribution in [3.8, 4) is 44.5 Å². The van der Waals surface area contributed by atoms with E-state index in [1.807, 2.05) is 0 Å². The molecule has 0 aliphatic heterocycles. The highest BCUT2D eigenvalue weighted by Gasteiger charge is 2.42. The van der Waals surface area contributed by atoms with Crippen LogP contribution in [0.15, 0.2) is 200 Å². The minimum absolute atomic E-state index is 0.125. The average Bonchev–Trinajstić information content (AvgIpc) is 3.77. The van der Waals surface area contributed by atoms with Gasteiger partial charge in [-0.25, -0.2) is 0 Å². The van der Waals surface area contributed by atoms with E-state index >= 15 is 0 Å². The van der Waals surface area contributed by atoms with Gasteiger partial charge in [0.1, 0.15) is 0 Å². The molecule has 1 atom stereocenters. The van der Waals surface area contributed by atoms with E-state index in [4.69, 9.17) is 0 Å². The molecule has 9 aromatic carbocycles. The van der Waals surface area contributed by atoms with E-state index in [-0.39, 0.29) is 10.8 Å². The van der Waals surface area contributed by atoms with Gasteiger partial charge < -0.3 is 4.90 Å². The fourth-order valence-corrected chi connectivity index (χ4v) is 12.2. The number of anilines is 3. The van der Waals surface area contributed by atoms with E-state index in [9.17, 15) is 0 Å². The smallest absolute Gasteiger partial charge is 0.0543 e. The molecular weight excluding hydrogens is 771 g/mol. The first kappa shape index (κ1) is 38.7. The van der Waals surface area contributed by atoms with E-state index < -0.39 is 0 Å². The zero-order chi connectivity index (χ0) is 43.0. The number of para-hydroxylation sites is 1. The Morgan fingerprint density at radius 1 is 0.406 bits per heavy atom. The van der Waals surface area contributed by atoms with Crippen LogP contribution >= 0.6 is 0 Å². The first-order chi connectivity index (χ1) is 31.4. The van der Waals surface area contributed by atoms with E-state index in [0.29, 0.717) is 5.92 Å². The molecule has 0 N–H and O–H groups in total. The lowest BCUT2D eigenvalue weighted by Gasteiger charge is -2.31. The molecule has 1 unspecified atom stereocenters. The summed E-state index contributed by atoms with van der Waals surface area (Å²) < 4.78 is 0. The van der Waals surface area contributed by atoms with Gasteiger partial charge in [0, 0.05) is 27.6 Å². The standard InChI is InChI=1S/C63H53N/c1-62(2)53-32-13-10-27-51(53)61-55(62)34-19-37-58(61)64(57-36-15-12-26-49(57)50-31-17-23-44-22-16-29-47(59(44)50)42-20-6-4-7-21-42)46-40-38-43(39-41-46)48-30-18-35-56-60(48)52-28-11-14-33-54(52)63(56,3)45-24-8-5-9-25-45/h5,8-19,22-42H,4,6-7,20-21H2,1-3H3. The molecule has 1 heteroatoms. The molecule has 12 rings (SSSR count). The number of hydrogen-bond acceptors (Lipinski definition) is 1. The predicted octanol–water partition coefficient (Wildman–Crippen LogP) is 17.3. The molecule has 1 fully saturated rings. The SMILES string of the molecule is CC1(C)c2ccccc2-c2c(N(c3ccc(-c4cccc5c4-c4ccccc4C5(C)c4ccccc4)cc3)c3ccccc3-c3cccc4cccc(C5CCCCC5)c34)cccc21. The van der Waals surface area contributed by atoms with Crippen molar-refractivity contribution in [3.05, 3.63) is 234 Å². The van der Waals surface area contributed by atoms with Gasteiger partial charge in [0.25, 0.3) is 0 Å². The highest BCUT2D eigenvalue weighted by molar-refractivity contribution is 6.05. The van der Waals surface area contributed by atoms with Gasteiger partial charge in [0.15, 0.2) is 0 Å². The minimum atomic E-state index is -0.250. The molecule has 0 radical (unpaired) electrons. The second-order valence-corrected chi connectivity index (χ2v) is 19.1. The van der Waals surface area contributed by atoms with Crippen LogP contribution in [0.1, 0.15) is 92.2 Å². The van der Waals surface area contributed by atoms with Gasteiger partial charge in [-0.2, -0.15) is 0 Å². The van der Waals surface area contributed by atoms with Crippen molar-refractivity contribution in [2.45, 2.75) is 69.6 Å². The van der Waals surface area contributed by atoms with Gasteiger partial charge >= 0.3 is 0 Å². The van der Waals surface area contributed by atoms with E-state index in [1.165, 1.54) is 132 Å². The predicted molar refractivity (Wildman–Crippen MR) is 270 cm³/mol. The molecule has 3 aliphatic carbocycles. The number of nitrogens with zero attached hydrogens (tertiary/aromatic N) is 1. The Morgan fingerprint density at radius 2 is 0.969 bits per heavy atom. The number of hydrogen-bond donors (Lipinski definition) is 0. The highest BCUT2D eigenvalue weighted by Crippen LogP contribution is 2.57. The van der Waals surface area contributed by atoms with Crippen molar-refractivity contribution in [1.29, 1.82) is 0 Å². The first-order valence-corrected chi connectivity index (χ1v) is 23.5. The van der Waals surface area contributed by atoms with Crippen molar-refractivity contribution >= 4 is 27.8 Å². The summed E-state index contributed by atoms with van der Waals surface area (Å²) in [5, 5.41) is 2.73. The topological polar surface area (TPSA) is 3.24 Å². The number of fused-ring (bicyclic) bond motifs is 7. The molecule has 0 aromatic heterocycles. The van der Waals surface area contributed by atoms with Crippen molar-refractivity contribution in [1.82, 2.24) is 0 Å². The van der Waals surface area contributed by atoms with E-state index in [0.717, 1.165) is 5.69 Å². The van der Waals surface area contributed by atoms with Crippen molar-refractivity contribution in [3.63, 3.8) is 0 Å². The summed E-state index contributed by atoms with van der Waals surface area (Å²) >= 11 is 0. The van der Waals surface area contributed by atoms with Crippen molar-refractivity contribution in [2.75, 3.05) is 4.90 Å². The Morgan fingerprint density at radius 3 is 1.75 bits per heavy atom. The molecule has 1 nitrogen and oxygen atoms in total. The quantitative estimate of drug-likeness (QED) is 0.155. The maximum Gasteiger partial charge on any atom is 0.0543 e. The van der Waals surface area contributed by atoms with Gasteiger partial charge in [-0.05, 0) is 127 Å². The van der Waals surface area contributed by atoms with Crippen LogP contribution in [0, 0.1) is 0 Å². The Kier molecular flexibility index (Phi) is 9.13. The third-order valence-corrected chi connectivity index (χ3v) is 15.4. The summed E-state index contributed by atoms with van der Waals surface area (Å²) in [6.45, 7) is 7.17. The lowest BCUT2D eigenvalue weighted by atomic mass is 9.74. The molecular formula is C63H53N. The van der Waals surface area contributed by atoms with Gasteiger partial charge in [-0.15, -0.1) is 0 Å². The van der Waals surface area contributed by atoms with E-state index in [1.54, 1.807) is 0 Å². The van der Waals surface area contributed by atoms with Gasteiger partial charge in [-0.3, -0.25) is 0 Å². The van der Waals surface area contributed by atoms with Crippen LogP contribution in [0.5, 0.6) is 0 Å². The molecule has 0 saturated heterocycles. The molecule has 3 aliphatic rings. The lowest BCUT2D eigenvalue weighted by molar-refractivity contribution is 0.445. The number of rotatable bonds is 7. The summed E-state index contributed by atoms with van der Waals surface area (Å²) in [5.41, 5.74) is 21.8. The molecule has 1 saturated carbocycles. The van der Waals surface area contributed by atoms with Gasteiger partial charge in [-0.1, -0.05) is 209 Å². The highest BCUT2D eigenvalue weighted by atomic mass is 15.1. The fraction of sp³-hybridized carbons (Fsp3) is 0.175. The van der Waals surface area contributed by atoms with Crippen LogP contribution < -0.4 is 4.90 Å². The number of benzene rings is 9. The summed E-state index contributed by atoms with van der Waals surface area (Å²) in [4.78, 5) is 2.56. The largest absolute Gasteiger partial charge is 0.309 e. The lowest BCUT2D eigenvalue weighted by Crippen LogP contribution is -2.22. The summed E-state index contributed by atoms with van der Waals surface area (Å²) in [7, 11) is 0.